The summed E-state index contributed by atoms with van der Waals surface area (Å²) >= 11 is 0. The number of ether oxygens (including phenoxy) is 1. The molecular weight excluding hydrogens is 266 g/mol. The highest BCUT2D eigenvalue weighted by atomic mass is 16.5. The third kappa shape index (κ3) is 4.07. The van der Waals surface area contributed by atoms with Gasteiger partial charge in [0, 0.05) is 19.2 Å². The molecule has 4 nitrogen and oxygen atoms in total. The van der Waals surface area contributed by atoms with Gasteiger partial charge in [-0.05, 0) is 25.0 Å². The quantitative estimate of drug-likeness (QED) is 0.855. The number of amides is 1. The highest BCUT2D eigenvalue weighted by molar-refractivity contribution is 5.79. The molecule has 21 heavy (non-hydrogen) atoms. The first-order chi connectivity index (χ1) is 10.1. The van der Waals surface area contributed by atoms with Crippen LogP contribution in [0.25, 0.3) is 0 Å². The molecule has 1 aliphatic rings. The van der Waals surface area contributed by atoms with Gasteiger partial charge in [-0.3, -0.25) is 4.79 Å². The third-order valence-corrected chi connectivity index (χ3v) is 3.65. The van der Waals surface area contributed by atoms with E-state index in [4.69, 9.17) is 9.84 Å². The van der Waals surface area contributed by atoms with E-state index in [9.17, 15) is 4.79 Å². The van der Waals surface area contributed by atoms with E-state index < -0.39 is 0 Å². The molecule has 2 rings (SSSR count). The van der Waals surface area contributed by atoms with Gasteiger partial charge in [0.25, 0.3) is 0 Å². The van der Waals surface area contributed by atoms with Gasteiger partial charge in [0.15, 0.2) is 0 Å². The van der Waals surface area contributed by atoms with Crippen LogP contribution >= 0.6 is 0 Å². The number of carbonyl (C=O) groups excluding carboxylic acids is 1. The van der Waals surface area contributed by atoms with Gasteiger partial charge in [-0.15, -0.1) is 0 Å². The average Bonchev–Trinajstić information content (AvgIpc) is 2.92. The summed E-state index contributed by atoms with van der Waals surface area (Å²) in [5, 5.41) is 8.80. The van der Waals surface area contributed by atoms with Crippen molar-refractivity contribution in [1.82, 2.24) is 4.90 Å². The normalized spacial score (nSPS) is 20.7. The Kier molecular flexibility index (Phi) is 5.38. The highest BCUT2D eigenvalue weighted by Crippen LogP contribution is 2.22. The summed E-state index contributed by atoms with van der Waals surface area (Å²) in [5.41, 5.74) is 1.84. The fourth-order valence-electron chi connectivity index (χ4n) is 2.55. The van der Waals surface area contributed by atoms with Gasteiger partial charge in [0.1, 0.15) is 6.61 Å². The Labute approximate surface area is 125 Å². The van der Waals surface area contributed by atoms with Gasteiger partial charge < -0.3 is 14.7 Å². The molecule has 0 saturated carbocycles. The summed E-state index contributed by atoms with van der Waals surface area (Å²) < 4.78 is 5.47. The SMILES string of the molecule is CC1CC(C(=O)N(C)Cc2ccccc2C#CCO)CO1. The molecule has 2 atom stereocenters. The van der Waals surface area contributed by atoms with Crippen LogP contribution < -0.4 is 0 Å². The van der Waals surface area contributed by atoms with Crippen molar-refractivity contribution >= 4 is 5.91 Å². The van der Waals surface area contributed by atoms with Crippen LogP contribution in [-0.2, 0) is 16.1 Å². The molecule has 0 aliphatic carbocycles. The standard InChI is InChI=1S/C17H21NO3/c1-13-10-16(12-21-13)17(20)18(2)11-15-7-4-3-6-14(15)8-5-9-19/h3-4,6-7,13,16,19H,9-12H2,1-2H3. The van der Waals surface area contributed by atoms with Crippen LogP contribution in [0, 0.1) is 17.8 Å². The second-order valence-corrected chi connectivity index (χ2v) is 5.39. The van der Waals surface area contributed by atoms with Crippen molar-refractivity contribution in [2.45, 2.75) is 26.0 Å². The van der Waals surface area contributed by atoms with E-state index in [1.807, 2.05) is 38.2 Å². The minimum atomic E-state index is -0.166. The molecule has 0 aromatic heterocycles. The zero-order chi connectivity index (χ0) is 15.2. The molecule has 1 aromatic rings. The molecule has 0 bridgehead atoms. The fraction of sp³-hybridized carbons (Fsp3) is 0.471. The van der Waals surface area contributed by atoms with Gasteiger partial charge in [-0.25, -0.2) is 0 Å². The Morgan fingerprint density at radius 3 is 2.90 bits per heavy atom. The van der Waals surface area contributed by atoms with Crippen LogP contribution in [0.15, 0.2) is 24.3 Å². The Morgan fingerprint density at radius 2 is 2.24 bits per heavy atom. The average molecular weight is 287 g/mol. The molecule has 1 heterocycles. The molecule has 1 aromatic carbocycles. The smallest absolute Gasteiger partial charge is 0.228 e. The van der Waals surface area contributed by atoms with Crippen LogP contribution in [0.2, 0.25) is 0 Å². The van der Waals surface area contributed by atoms with Crippen LogP contribution in [-0.4, -0.2) is 42.3 Å². The predicted molar refractivity (Wildman–Crippen MR) is 80.4 cm³/mol. The molecule has 1 amide bonds. The van der Waals surface area contributed by atoms with E-state index in [-0.39, 0.29) is 24.5 Å². The van der Waals surface area contributed by atoms with Gasteiger partial charge >= 0.3 is 0 Å². The molecule has 1 N–H and O–H groups in total. The maximum atomic E-state index is 12.4. The molecule has 0 spiro atoms. The largest absolute Gasteiger partial charge is 0.384 e. The van der Waals surface area contributed by atoms with Crippen molar-refractivity contribution in [3.63, 3.8) is 0 Å². The molecule has 0 radical (unpaired) electrons. The van der Waals surface area contributed by atoms with Gasteiger partial charge in [0.2, 0.25) is 5.91 Å². The molecule has 1 fully saturated rings. The topological polar surface area (TPSA) is 49.8 Å². The zero-order valence-corrected chi connectivity index (χ0v) is 12.5. The number of rotatable bonds is 3. The van der Waals surface area contributed by atoms with Crippen molar-refractivity contribution in [3.8, 4) is 11.8 Å². The van der Waals surface area contributed by atoms with Gasteiger partial charge in [0.05, 0.1) is 18.6 Å². The first kappa shape index (κ1) is 15.6. The van der Waals surface area contributed by atoms with E-state index >= 15 is 0 Å². The Morgan fingerprint density at radius 1 is 1.48 bits per heavy atom. The lowest BCUT2D eigenvalue weighted by atomic mass is 10.0. The Bertz CT molecular complexity index is 559. The Balaban J connectivity index is 2.05. The van der Waals surface area contributed by atoms with E-state index in [0.717, 1.165) is 17.5 Å². The maximum Gasteiger partial charge on any atom is 0.228 e. The molecular formula is C17H21NO3. The summed E-state index contributed by atoms with van der Waals surface area (Å²) in [4.78, 5) is 14.1. The number of aliphatic hydroxyl groups is 1. The first-order valence-electron chi connectivity index (χ1n) is 7.16. The first-order valence-corrected chi connectivity index (χ1v) is 7.16. The molecule has 1 aliphatic heterocycles. The van der Waals surface area contributed by atoms with Crippen LogP contribution in [0.1, 0.15) is 24.5 Å². The van der Waals surface area contributed by atoms with Crippen molar-refractivity contribution in [2.75, 3.05) is 20.3 Å². The van der Waals surface area contributed by atoms with Crippen molar-refractivity contribution in [3.05, 3.63) is 35.4 Å². The minimum Gasteiger partial charge on any atom is -0.384 e. The van der Waals surface area contributed by atoms with E-state index in [0.29, 0.717) is 13.2 Å². The second kappa shape index (κ2) is 7.26. The lowest BCUT2D eigenvalue weighted by Crippen LogP contribution is -2.33. The van der Waals surface area contributed by atoms with E-state index in [1.54, 1.807) is 4.90 Å². The van der Waals surface area contributed by atoms with Crippen molar-refractivity contribution in [2.24, 2.45) is 5.92 Å². The third-order valence-electron chi connectivity index (χ3n) is 3.65. The zero-order valence-electron chi connectivity index (χ0n) is 12.5. The number of nitrogens with zero attached hydrogens (tertiary/aromatic N) is 1. The van der Waals surface area contributed by atoms with Crippen LogP contribution in [0.4, 0.5) is 0 Å². The number of hydrogen-bond donors (Lipinski definition) is 1. The lowest BCUT2D eigenvalue weighted by Gasteiger charge is -2.21. The molecule has 112 valence electrons. The summed E-state index contributed by atoms with van der Waals surface area (Å²) in [7, 11) is 1.81. The molecule has 1 saturated heterocycles. The minimum absolute atomic E-state index is 0.0410. The Hall–Kier alpha value is -1.83. The summed E-state index contributed by atoms with van der Waals surface area (Å²) in [6.45, 7) is 2.85. The van der Waals surface area contributed by atoms with Crippen molar-refractivity contribution < 1.29 is 14.6 Å². The highest BCUT2D eigenvalue weighted by Gasteiger charge is 2.30. The predicted octanol–water partition coefficient (Wildman–Crippen LogP) is 1.41. The van der Waals surface area contributed by atoms with E-state index in [2.05, 4.69) is 11.8 Å². The van der Waals surface area contributed by atoms with Crippen LogP contribution in [0.5, 0.6) is 0 Å². The fourth-order valence-corrected chi connectivity index (χ4v) is 2.55. The van der Waals surface area contributed by atoms with Crippen LogP contribution in [0.3, 0.4) is 0 Å². The number of hydrogen-bond acceptors (Lipinski definition) is 3. The lowest BCUT2D eigenvalue weighted by molar-refractivity contribution is -0.134. The number of carbonyl (C=O) groups is 1. The summed E-state index contributed by atoms with van der Waals surface area (Å²) in [5.74, 6) is 5.65. The second-order valence-electron chi connectivity index (χ2n) is 5.39. The summed E-state index contributed by atoms with van der Waals surface area (Å²) in [6.07, 6.45) is 0.949. The van der Waals surface area contributed by atoms with Gasteiger partial charge in [-0.2, -0.15) is 0 Å². The molecule has 2 unspecified atom stereocenters. The number of benzene rings is 1. The summed E-state index contributed by atoms with van der Waals surface area (Å²) in [6, 6.07) is 7.69. The van der Waals surface area contributed by atoms with Gasteiger partial charge in [-0.1, -0.05) is 30.0 Å². The van der Waals surface area contributed by atoms with Crippen molar-refractivity contribution in [1.29, 1.82) is 0 Å². The number of aliphatic hydroxyl groups excluding tert-OH is 1. The molecule has 4 heteroatoms. The maximum absolute atomic E-state index is 12.4. The van der Waals surface area contributed by atoms with E-state index in [1.165, 1.54) is 0 Å². The monoisotopic (exact) mass is 287 g/mol.